The smallest absolute Gasteiger partial charge is 0.227 e. The predicted octanol–water partition coefficient (Wildman–Crippen LogP) is 2.52. The molecule has 0 saturated heterocycles. The maximum Gasteiger partial charge on any atom is 0.227 e. The SMILES string of the molecule is COCCn1nc(C)c(NC(=O)C2CC3CCC2C3)c1C. The summed E-state index contributed by atoms with van der Waals surface area (Å²) in [7, 11) is 1.68. The van der Waals surface area contributed by atoms with Crippen molar-refractivity contribution in [2.75, 3.05) is 19.0 Å². The molecule has 1 aromatic heterocycles. The van der Waals surface area contributed by atoms with Crippen LogP contribution in [0.4, 0.5) is 5.69 Å². The van der Waals surface area contributed by atoms with E-state index in [1.165, 1.54) is 19.3 Å². The highest BCUT2D eigenvalue weighted by Crippen LogP contribution is 2.48. The Kier molecular flexibility index (Phi) is 4.02. The number of nitrogens with one attached hydrogen (secondary N) is 1. The first-order chi connectivity index (χ1) is 10.1. The fourth-order valence-corrected chi connectivity index (χ4v) is 4.06. The minimum Gasteiger partial charge on any atom is -0.383 e. The topological polar surface area (TPSA) is 56.1 Å². The van der Waals surface area contributed by atoms with Gasteiger partial charge in [-0.15, -0.1) is 0 Å². The second kappa shape index (κ2) is 5.79. The van der Waals surface area contributed by atoms with Crippen LogP contribution in [0.25, 0.3) is 0 Å². The van der Waals surface area contributed by atoms with E-state index in [1.807, 2.05) is 18.5 Å². The first-order valence-electron chi connectivity index (χ1n) is 7.94. The van der Waals surface area contributed by atoms with Crippen LogP contribution in [0, 0.1) is 31.6 Å². The number of fused-ring (bicyclic) bond motifs is 2. The van der Waals surface area contributed by atoms with Gasteiger partial charge in [-0.05, 0) is 44.9 Å². The number of ether oxygens (including phenoxy) is 1. The maximum absolute atomic E-state index is 12.6. The zero-order valence-electron chi connectivity index (χ0n) is 13.2. The van der Waals surface area contributed by atoms with Crippen LogP contribution < -0.4 is 5.32 Å². The second-order valence-corrected chi connectivity index (χ2v) is 6.53. The monoisotopic (exact) mass is 291 g/mol. The van der Waals surface area contributed by atoms with Crippen LogP contribution in [0.5, 0.6) is 0 Å². The third-order valence-corrected chi connectivity index (χ3v) is 5.21. The summed E-state index contributed by atoms with van der Waals surface area (Å²) in [5.74, 6) is 1.81. The number of methoxy groups -OCH3 is 1. The van der Waals surface area contributed by atoms with E-state index in [0.29, 0.717) is 19.1 Å². The van der Waals surface area contributed by atoms with Crippen LogP contribution in [0.1, 0.15) is 37.1 Å². The normalized spacial score (nSPS) is 27.3. The third kappa shape index (κ3) is 2.71. The van der Waals surface area contributed by atoms with E-state index in [2.05, 4.69) is 10.4 Å². The number of hydrogen-bond acceptors (Lipinski definition) is 3. The first kappa shape index (κ1) is 14.6. The minimum absolute atomic E-state index is 0.194. The van der Waals surface area contributed by atoms with Crippen molar-refractivity contribution in [1.82, 2.24) is 9.78 Å². The van der Waals surface area contributed by atoms with Gasteiger partial charge in [-0.3, -0.25) is 9.48 Å². The van der Waals surface area contributed by atoms with E-state index in [0.717, 1.165) is 29.4 Å². The van der Waals surface area contributed by atoms with Crippen LogP contribution in [0.15, 0.2) is 0 Å². The van der Waals surface area contributed by atoms with Crippen molar-refractivity contribution < 1.29 is 9.53 Å². The van der Waals surface area contributed by atoms with Crippen molar-refractivity contribution in [3.63, 3.8) is 0 Å². The fraction of sp³-hybridized carbons (Fsp3) is 0.750. The highest BCUT2D eigenvalue weighted by molar-refractivity contribution is 5.94. The average molecular weight is 291 g/mol. The zero-order chi connectivity index (χ0) is 15.0. The van der Waals surface area contributed by atoms with Crippen molar-refractivity contribution in [3.8, 4) is 0 Å². The van der Waals surface area contributed by atoms with Gasteiger partial charge in [0.1, 0.15) is 0 Å². The molecule has 0 aromatic carbocycles. The summed E-state index contributed by atoms with van der Waals surface area (Å²) in [5.41, 5.74) is 2.79. The fourth-order valence-electron chi connectivity index (χ4n) is 4.06. The van der Waals surface area contributed by atoms with Crippen LogP contribution >= 0.6 is 0 Å². The lowest BCUT2D eigenvalue weighted by molar-refractivity contribution is -0.121. The summed E-state index contributed by atoms with van der Waals surface area (Å²) in [4.78, 5) is 12.6. The molecule has 1 heterocycles. The Morgan fingerprint density at radius 2 is 2.19 bits per heavy atom. The highest BCUT2D eigenvalue weighted by Gasteiger charge is 2.43. The van der Waals surface area contributed by atoms with Crippen molar-refractivity contribution in [2.45, 2.75) is 46.1 Å². The Balaban J connectivity index is 1.69. The highest BCUT2D eigenvalue weighted by atomic mass is 16.5. The number of aromatic nitrogens is 2. The Bertz CT molecular complexity index is 538. The van der Waals surface area contributed by atoms with Gasteiger partial charge >= 0.3 is 0 Å². The Hall–Kier alpha value is -1.36. The lowest BCUT2D eigenvalue weighted by Crippen LogP contribution is -2.27. The molecule has 1 amide bonds. The largest absolute Gasteiger partial charge is 0.383 e. The van der Waals surface area contributed by atoms with E-state index in [1.54, 1.807) is 7.11 Å². The van der Waals surface area contributed by atoms with Crippen LogP contribution in [-0.4, -0.2) is 29.4 Å². The van der Waals surface area contributed by atoms with E-state index in [-0.39, 0.29) is 11.8 Å². The van der Waals surface area contributed by atoms with Gasteiger partial charge in [0.05, 0.1) is 30.2 Å². The number of hydrogen-bond donors (Lipinski definition) is 1. The van der Waals surface area contributed by atoms with E-state index >= 15 is 0 Å². The van der Waals surface area contributed by atoms with Crippen LogP contribution in [-0.2, 0) is 16.1 Å². The molecule has 2 saturated carbocycles. The molecule has 2 aliphatic rings. The molecule has 3 unspecified atom stereocenters. The van der Waals surface area contributed by atoms with Crippen molar-refractivity contribution in [1.29, 1.82) is 0 Å². The van der Waals surface area contributed by atoms with Gasteiger partial charge in [-0.1, -0.05) is 6.42 Å². The number of nitrogens with zero attached hydrogens (tertiary/aromatic N) is 2. The summed E-state index contributed by atoms with van der Waals surface area (Å²) in [6.07, 6.45) is 4.88. The molecule has 0 spiro atoms. The number of carbonyl (C=O) groups is 1. The zero-order valence-corrected chi connectivity index (χ0v) is 13.2. The van der Waals surface area contributed by atoms with Gasteiger partial charge in [-0.2, -0.15) is 5.10 Å². The van der Waals surface area contributed by atoms with Gasteiger partial charge in [0.25, 0.3) is 0 Å². The molecule has 21 heavy (non-hydrogen) atoms. The number of amides is 1. The summed E-state index contributed by atoms with van der Waals surface area (Å²) < 4.78 is 7.01. The van der Waals surface area contributed by atoms with Crippen LogP contribution in [0.2, 0.25) is 0 Å². The molecule has 0 aliphatic heterocycles. The lowest BCUT2D eigenvalue weighted by atomic mass is 9.88. The molecule has 116 valence electrons. The molecular formula is C16H25N3O2. The Morgan fingerprint density at radius 3 is 2.81 bits per heavy atom. The average Bonchev–Trinajstić information content (AvgIpc) is 3.15. The Labute approximate surface area is 126 Å². The lowest BCUT2D eigenvalue weighted by Gasteiger charge is -2.20. The van der Waals surface area contributed by atoms with Gasteiger partial charge in [-0.25, -0.2) is 0 Å². The summed E-state index contributed by atoms with van der Waals surface area (Å²) in [5, 5.41) is 7.64. The quantitative estimate of drug-likeness (QED) is 0.907. The number of aryl methyl sites for hydroxylation is 1. The summed E-state index contributed by atoms with van der Waals surface area (Å²) in [6.45, 7) is 5.30. The van der Waals surface area contributed by atoms with E-state index < -0.39 is 0 Å². The molecular weight excluding hydrogens is 266 g/mol. The molecule has 0 radical (unpaired) electrons. The van der Waals surface area contributed by atoms with Gasteiger partial charge < -0.3 is 10.1 Å². The van der Waals surface area contributed by atoms with E-state index in [9.17, 15) is 4.79 Å². The molecule has 3 atom stereocenters. The van der Waals surface area contributed by atoms with Gasteiger partial charge in [0.2, 0.25) is 5.91 Å². The summed E-state index contributed by atoms with van der Waals surface area (Å²) >= 11 is 0. The molecule has 1 N–H and O–H groups in total. The summed E-state index contributed by atoms with van der Waals surface area (Å²) in [6, 6.07) is 0. The molecule has 2 fully saturated rings. The second-order valence-electron chi connectivity index (χ2n) is 6.53. The maximum atomic E-state index is 12.6. The van der Waals surface area contributed by atoms with E-state index in [4.69, 9.17) is 4.74 Å². The van der Waals surface area contributed by atoms with Gasteiger partial charge in [0.15, 0.2) is 0 Å². The molecule has 5 heteroatoms. The molecule has 2 bridgehead atoms. The van der Waals surface area contributed by atoms with Crippen molar-refractivity contribution in [3.05, 3.63) is 11.4 Å². The molecule has 2 aliphatic carbocycles. The van der Waals surface area contributed by atoms with Crippen molar-refractivity contribution >= 4 is 11.6 Å². The number of rotatable bonds is 5. The Morgan fingerprint density at radius 1 is 1.38 bits per heavy atom. The third-order valence-electron chi connectivity index (χ3n) is 5.21. The standard InChI is InChI=1S/C16H25N3O2/c1-10-15(11(2)19(18-10)6-7-21-3)17-16(20)14-9-12-4-5-13(14)8-12/h12-14H,4-9H2,1-3H3,(H,17,20). The van der Waals surface area contributed by atoms with Crippen LogP contribution in [0.3, 0.4) is 0 Å². The molecule has 1 aromatic rings. The minimum atomic E-state index is 0.194. The predicted molar refractivity (Wildman–Crippen MR) is 81.1 cm³/mol. The van der Waals surface area contributed by atoms with Gasteiger partial charge in [0, 0.05) is 13.0 Å². The molecule has 3 rings (SSSR count). The van der Waals surface area contributed by atoms with Crippen molar-refractivity contribution in [2.24, 2.45) is 17.8 Å². The first-order valence-corrected chi connectivity index (χ1v) is 7.94. The number of carbonyl (C=O) groups excluding carboxylic acids is 1. The number of anilines is 1. The molecule has 5 nitrogen and oxygen atoms in total.